The molecule has 194 valence electrons. The highest BCUT2D eigenvalue weighted by atomic mass is 35.5. The van der Waals surface area contributed by atoms with E-state index in [-0.39, 0.29) is 36.8 Å². The van der Waals surface area contributed by atoms with Gasteiger partial charge < -0.3 is 15.0 Å². The minimum Gasteiger partial charge on any atom is -0.484 e. The SMILES string of the molecule is O=C(NC1CCCCC1)[C@H](Cc1ccccc1)N(Cc1cccc(Cl)c1)C(=O)COc1ccc(F)cc1. The van der Waals surface area contributed by atoms with E-state index in [2.05, 4.69) is 5.32 Å². The summed E-state index contributed by atoms with van der Waals surface area (Å²) in [6, 6.07) is 21.8. The molecule has 1 fully saturated rings. The van der Waals surface area contributed by atoms with E-state index in [1.165, 1.54) is 30.7 Å². The molecule has 1 saturated carbocycles. The smallest absolute Gasteiger partial charge is 0.261 e. The first-order valence-corrected chi connectivity index (χ1v) is 13.1. The molecule has 3 aromatic carbocycles. The molecule has 0 aromatic heterocycles. The molecule has 0 saturated heterocycles. The lowest BCUT2D eigenvalue weighted by Gasteiger charge is -2.33. The van der Waals surface area contributed by atoms with Gasteiger partial charge in [0.05, 0.1) is 0 Å². The third kappa shape index (κ3) is 8.05. The third-order valence-corrected chi connectivity index (χ3v) is 6.88. The molecule has 1 atom stereocenters. The van der Waals surface area contributed by atoms with Crippen molar-refractivity contribution in [3.05, 3.63) is 101 Å². The molecule has 3 aromatic rings. The lowest BCUT2D eigenvalue weighted by molar-refractivity contribution is -0.143. The van der Waals surface area contributed by atoms with Gasteiger partial charge >= 0.3 is 0 Å². The number of carbonyl (C=O) groups is 2. The zero-order chi connectivity index (χ0) is 26.0. The summed E-state index contributed by atoms with van der Waals surface area (Å²) >= 11 is 6.22. The van der Waals surface area contributed by atoms with E-state index < -0.39 is 6.04 Å². The van der Waals surface area contributed by atoms with Crippen molar-refractivity contribution in [3.63, 3.8) is 0 Å². The fourth-order valence-electron chi connectivity index (χ4n) is 4.69. The summed E-state index contributed by atoms with van der Waals surface area (Å²) in [5.41, 5.74) is 1.76. The third-order valence-electron chi connectivity index (χ3n) is 6.64. The molecule has 0 heterocycles. The Morgan fingerprint density at radius 3 is 2.35 bits per heavy atom. The van der Waals surface area contributed by atoms with Crippen LogP contribution in [0.4, 0.5) is 4.39 Å². The first-order valence-electron chi connectivity index (χ1n) is 12.7. The highest BCUT2D eigenvalue weighted by Gasteiger charge is 2.32. The average Bonchev–Trinajstić information content (AvgIpc) is 2.91. The molecule has 4 rings (SSSR count). The summed E-state index contributed by atoms with van der Waals surface area (Å²) in [5, 5.41) is 3.76. The van der Waals surface area contributed by atoms with Gasteiger partial charge in [-0.1, -0.05) is 73.3 Å². The van der Waals surface area contributed by atoms with Crippen LogP contribution in [-0.2, 0) is 22.6 Å². The van der Waals surface area contributed by atoms with E-state index in [0.29, 0.717) is 17.2 Å². The zero-order valence-corrected chi connectivity index (χ0v) is 21.5. The Hall–Kier alpha value is -3.38. The maximum atomic E-state index is 13.7. The second kappa shape index (κ2) is 13.2. The van der Waals surface area contributed by atoms with Gasteiger partial charge in [-0.3, -0.25) is 9.59 Å². The van der Waals surface area contributed by atoms with Crippen LogP contribution in [0.2, 0.25) is 5.02 Å². The fourth-order valence-corrected chi connectivity index (χ4v) is 4.90. The lowest BCUT2D eigenvalue weighted by Crippen LogP contribution is -2.53. The van der Waals surface area contributed by atoms with Crippen LogP contribution in [0.5, 0.6) is 5.75 Å². The first-order chi connectivity index (χ1) is 18.0. The summed E-state index contributed by atoms with van der Waals surface area (Å²) in [5.74, 6) is -0.524. The number of amides is 2. The van der Waals surface area contributed by atoms with E-state index in [1.54, 1.807) is 17.0 Å². The number of halogens is 2. The lowest BCUT2D eigenvalue weighted by atomic mass is 9.94. The maximum Gasteiger partial charge on any atom is 0.261 e. The van der Waals surface area contributed by atoms with Gasteiger partial charge in [0.25, 0.3) is 5.91 Å². The number of ether oxygens (including phenoxy) is 1. The molecule has 37 heavy (non-hydrogen) atoms. The average molecular weight is 523 g/mol. The van der Waals surface area contributed by atoms with Gasteiger partial charge in [-0.15, -0.1) is 0 Å². The molecule has 0 unspecified atom stereocenters. The summed E-state index contributed by atoms with van der Waals surface area (Å²) < 4.78 is 19.0. The predicted octanol–water partition coefficient (Wildman–Crippen LogP) is 5.95. The second-order valence-corrected chi connectivity index (χ2v) is 9.88. The molecule has 1 aliphatic rings. The number of hydrogen-bond acceptors (Lipinski definition) is 3. The van der Waals surface area contributed by atoms with Gasteiger partial charge in [0.1, 0.15) is 17.6 Å². The Morgan fingerprint density at radius 2 is 1.65 bits per heavy atom. The van der Waals surface area contributed by atoms with Crippen molar-refractivity contribution in [1.29, 1.82) is 0 Å². The van der Waals surface area contributed by atoms with Crippen molar-refractivity contribution < 1.29 is 18.7 Å². The van der Waals surface area contributed by atoms with Gasteiger partial charge in [0.2, 0.25) is 5.91 Å². The van der Waals surface area contributed by atoms with Crippen LogP contribution < -0.4 is 10.1 Å². The van der Waals surface area contributed by atoms with Crippen LogP contribution in [0, 0.1) is 5.82 Å². The molecule has 5 nitrogen and oxygen atoms in total. The molecular formula is C30H32ClFN2O3. The number of hydrogen-bond donors (Lipinski definition) is 1. The largest absolute Gasteiger partial charge is 0.484 e. The van der Waals surface area contributed by atoms with Crippen molar-refractivity contribution in [2.45, 2.75) is 57.2 Å². The van der Waals surface area contributed by atoms with Gasteiger partial charge in [-0.2, -0.15) is 0 Å². The van der Waals surface area contributed by atoms with E-state index >= 15 is 0 Å². The van der Waals surface area contributed by atoms with E-state index in [9.17, 15) is 14.0 Å². The fraction of sp³-hybridized carbons (Fsp3) is 0.333. The zero-order valence-electron chi connectivity index (χ0n) is 20.7. The van der Waals surface area contributed by atoms with Crippen LogP contribution >= 0.6 is 11.6 Å². The normalized spacial score (nSPS) is 14.5. The molecular weight excluding hydrogens is 491 g/mol. The van der Waals surface area contributed by atoms with Gasteiger partial charge in [0.15, 0.2) is 6.61 Å². The standard InChI is InChI=1S/C30H32ClFN2O3/c31-24-11-7-10-23(18-24)20-34(29(35)21-37-27-16-14-25(32)15-17-27)28(19-22-8-3-1-4-9-22)30(36)33-26-12-5-2-6-13-26/h1,3-4,7-11,14-18,26,28H,2,5-6,12-13,19-21H2,(H,33,36)/t28-/m0/s1. The maximum absolute atomic E-state index is 13.7. The van der Waals surface area contributed by atoms with E-state index in [4.69, 9.17) is 16.3 Å². The summed E-state index contributed by atoms with van der Waals surface area (Å²) in [4.78, 5) is 28.9. The van der Waals surface area contributed by atoms with Crippen molar-refractivity contribution >= 4 is 23.4 Å². The van der Waals surface area contributed by atoms with Crippen LogP contribution in [0.25, 0.3) is 0 Å². The van der Waals surface area contributed by atoms with Gasteiger partial charge in [-0.05, 0) is 60.4 Å². The number of nitrogens with one attached hydrogen (secondary N) is 1. The van der Waals surface area contributed by atoms with Gasteiger partial charge in [-0.25, -0.2) is 4.39 Å². The monoisotopic (exact) mass is 522 g/mol. The number of carbonyl (C=O) groups excluding carboxylic acids is 2. The molecule has 2 amide bonds. The molecule has 0 spiro atoms. The summed E-state index contributed by atoms with van der Waals surface area (Å²) in [6.45, 7) is -0.0873. The quantitative estimate of drug-likeness (QED) is 0.358. The van der Waals surface area contributed by atoms with Crippen molar-refractivity contribution in [2.24, 2.45) is 0 Å². The van der Waals surface area contributed by atoms with Gasteiger partial charge in [0, 0.05) is 24.0 Å². The second-order valence-electron chi connectivity index (χ2n) is 9.44. The summed E-state index contributed by atoms with van der Waals surface area (Å²) in [6.07, 6.45) is 5.61. The van der Waals surface area contributed by atoms with Crippen LogP contribution in [0.3, 0.4) is 0 Å². The Morgan fingerprint density at radius 1 is 0.946 bits per heavy atom. The Bertz CT molecular complexity index is 1170. The van der Waals surface area contributed by atoms with E-state index in [0.717, 1.165) is 36.8 Å². The van der Waals surface area contributed by atoms with Crippen molar-refractivity contribution in [3.8, 4) is 5.75 Å². The number of benzene rings is 3. The van der Waals surface area contributed by atoms with Crippen LogP contribution in [-0.4, -0.2) is 35.4 Å². The highest BCUT2D eigenvalue weighted by molar-refractivity contribution is 6.30. The van der Waals surface area contributed by atoms with Crippen molar-refractivity contribution in [2.75, 3.05) is 6.61 Å². The molecule has 0 aliphatic heterocycles. The first kappa shape index (κ1) is 26.7. The highest BCUT2D eigenvalue weighted by Crippen LogP contribution is 2.21. The number of rotatable bonds is 10. The predicted molar refractivity (Wildman–Crippen MR) is 143 cm³/mol. The Labute approximate surface area is 222 Å². The Balaban J connectivity index is 1.60. The molecule has 7 heteroatoms. The number of nitrogens with zero attached hydrogens (tertiary/aromatic N) is 1. The Kier molecular flexibility index (Phi) is 9.55. The van der Waals surface area contributed by atoms with Crippen molar-refractivity contribution in [1.82, 2.24) is 10.2 Å². The molecule has 0 bridgehead atoms. The summed E-state index contributed by atoms with van der Waals surface area (Å²) in [7, 11) is 0. The van der Waals surface area contributed by atoms with E-state index in [1.807, 2.05) is 42.5 Å². The minimum atomic E-state index is -0.743. The van der Waals surface area contributed by atoms with Crippen LogP contribution in [0.1, 0.15) is 43.2 Å². The minimum absolute atomic E-state index is 0.109. The van der Waals surface area contributed by atoms with Crippen LogP contribution in [0.15, 0.2) is 78.9 Å². The molecule has 1 N–H and O–H groups in total. The topological polar surface area (TPSA) is 58.6 Å². The molecule has 0 radical (unpaired) electrons. The molecule has 1 aliphatic carbocycles.